The first kappa shape index (κ1) is 20.7. The number of carbonyl (C=O) groups excluding carboxylic acids is 3. The number of hydrogen-bond acceptors (Lipinski definition) is 5. The van der Waals surface area contributed by atoms with E-state index in [2.05, 4.69) is 10.6 Å². The molecule has 2 rings (SSSR count). The number of anilines is 2. The summed E-state index contributed by atoms with van der Waals surface area (Å²) < 4.78 is 10.3. The fourth-order valence-corrected chi connectivity index (χ4v) is 2.23. The van der Waals surface area contributed by atoms with Crippen molar-refractivity contribution >= 4 is 35.2 Å². The van der Waals surface area contributed by atoms with E-state index in [1.54, 1.807) is 42.5 Å². The summed E-state index contributed by atoms with van der Waals surface area (Å²) in [5.41, 5.74) is 1.96. The molecule has 0 aromatic heterocycles. The molecule has 2 aromatic rings. The summed E-state index contributed by atoms with van der Waals surface area (Å²) in [6, 6.07) is 13.8. The van der Waals surface area contributed by atoms with E-state index in [1.165, 1.54) is 13.0 Å². The SMILES string of the molecule is CCOc1ccc(C=CC(=O)OCC(=O)Nc2ccc(NC(C)=O)cc2)cc1. The largest absolute Gasteiger partial charge is 0.494 e. The minimum absolute atomic E-state index is 0.179. The minimum Gasteiger partial charge on any atom is -0.494 e. The maximum absolute atomic E-state index is 11.9. The fourth-order valence-electron chi connectivity index (χ4n) is 2.23. The number of ether oxygens (including phenoxy) is 2. The molecule has 0 atom stereocenters. The van der Waals surface area contributed by atoms with E-state index in [4.69, 9.17) is 9.47 Å². The van der Waals surface area contributed by atoms with Crippen LogP contribution in [0.1, 0.15) is 19.4 Å². The van der Waals surface area contributed by atoms with E-state index in [0.717, 1.165) is 11.3 Å². The van der Waals surface area contributed by atoms with Crippen LogP contribution in [0.2, 0.25) is 0 Å². The molecule has 0 saturated heterocycles. The lowest BCUT2D eigenvalue weighted by Gasteiger charge is -2.07. The Balaban J connectivity index is 1.77. The van der Waals surface area contributed by atoms with Gasteiger partial charge in [-0.15, -0.1) is 0 Å². The van der Waals surface area contributed by atoms with Crippen molar-refractivity contribution in [3.8, 4) is 5.75 Å². The minimum atomic E-state index is -0.620. The Kier molecular flexibility index (Phi) is 7.77. The Morgan fingerprint density at radius 2 is 1.54 bits per heavy atom. The van der Waals surface area contributed by atoms with Crippen LogP contribution < -0.4 is 15.4 Å². The van der Waals surface area contributed by atoms with Crippen LogP contribution in [0.4, 0.5) is 11.4 Å². The van der Waals surface area contributed by atoms with Crippen LogP contribution in [-0.2, 0) is 19.1 Å². The second-order valence-electron chi connectivity index (χ2n) is 5.75. The third-order valence-corrected chi connectivity index (χ3v) is 3.44. The van der Waals surface area contributed by atoms with Gasteiger partial charge < -0.3 is 20.1 Å². The number of rotatable bonds is 8. The van der Waals surface area contributed by atoms with Gasteiger partial charge >= 0.3 is 5.97 Å². The van der Waals surface area contributed by atoms with E-state index < -0.39 is 18.5 Å². The van der Waals surface area contributed by atoms with E-state index in [9.17, 15) is 14.4 Å². The van der Waals surface area contributed by atoms with Gasteiger partial charge in [0.25, 0.3) is 5.91 Å². The van der Waals surface area contributed by atoms with Crippen LogP contribution in [0.15, 0.2) is 54.6 Å². The molecule has 0 aliphatic carbocycles. The van der Waals surface area contributed by atoms with Crippen LogP contribution >= 0.6 is 0 Å². The van der Waals surface area contributed by atoms with Crippen LogP contribution in [0.5, 0.6) is 5.75 Å². The first-order chi connectivity index (χ1) is 13.5. The Hall–Kier alpha value is -3.61. The number of benzene rings is 2. The van der Waals surface area contributed by atoms with Crippen molar-refractivity contribution in [2.45, 2.75) is 13.8 Å². The second-order valence-corrected chi connectivity index (χ2v) is 5.75. The molecule has 0 fully saturated rings. The van der Waals surface area contributed by atoms with E-state index >= 15 is 0 Å². The molecule has 28 heavy (non-hydrogen) atoms. The quantitative estimate of drug-likeness (QED) is 0.540. The average molecular weight is 382 g/mol. The maximum Gasteiger partial charge on any atom is 0.331 e. The molecule has 2 N–H and O–H groups in total. The number of esters is 1. The lowest BCUT2D eigenvalue weighted by atomic mass is 10.2. The third-order valence-electron chi connectivity index (χ3n) is 3.44. The van der Waals surface area contributed by atoms with Gasteiger partial charge in [-0.25, -0.2) is 4.79 Å². The molecule has 2 amide bonds. The van der Waals surface area contributed by atoms with Crippen LogP contribution in [-0.4, -0.2) is 31.0 Å². The Labute approximate surface area is 163 Å². The van der Waals surface area contributed by atoms with Gasteiger partial charge in [0.1, 0.15) is 5.75 Å². The summed E-state index contributed by atoms with van der Waals surface area (Å²) in [5.74, 6) is -0.508. The zero-order valence-electron chi connectivity index (χ0n) is 15.7. The van der Waals surface area contributed by atoms with Crippen LogP contribution in [0.25, 0.3) is 6.08 Å². The Bertz CT molecular complexity index is 842. The number of amides is 2. The molecule has 0 aliphatic rings. The molecule has 0 unspecified atom stereocenters. The zero-order chi connectivity index (χ0) is 20.4. The molecule has 2 aromatic carbocycles. The highest BCUT2D eigenvalue weighted by Crippen LogP contribution is 2.14. The van der Waals surface area contributed by atoms with Crippen molar-refractivity contribution in [1.82, 2.24) is 0 Å². The summed E-state index contributed by atoms with van der Waals surface area (Å²) in [6.07, 6.45) is 2.85. The molecule has 7 heteroatoms. The predicted molar refractivity (Wildman–Crippen MR) is 107 cm³/mol. The summed E-state index contributed by atoms with van der Waals surface area (Å²) >= 11 is 0. The smallest absolute Gasteiger partial charge is 0.331 e. The first-order valence-electron chi connectivity index (χ1n) is 8.71. The summed E-state index contributed by atoms with van der Waals surface area (Å²) in [4.78, 5) is 34.6. The van der Waals surface area contributed by atoms with E-state index in [0.29, 0.717) is 18.0 Å². The molecular formula is C21H22N2O5. The average Bonchev–Trinajstić information content (AvgIpc) is 2.67. The summed E-state index contributed by atoms with van der Waals surface area (Å²) in [5, 5.41) is 5.23. The van der Waals surface area contributed by atoms with Crippen molar-refractivity contribution in [1.29, 1.82) is 0 Å². The number of hydrogen-bond donors (Lipinski definition) is 2. The van der Waals surface area contributed by atoms with Crippen molar-refractivity contribution in [2.75, 3.05) is 23.8 Å². The molecule has 0 saturated carbocycles. The van der Waals surface area contributed by atoms with Crippen molar-refractivity contribution in [3.05, 3.63) is 60.2 Å². The van der Waals surface area contributed by atoms with Gasteiger partial charge in [0.2, 0.25) is 5.91 Å². The third kappa shape index (κ3) is 7.33. The first-order valence-corrected chi connectivity index (χ1v) is 8.71. The molecule has 0 bridgehead atoms. The van der Waals surface area contributed by atoms with Crippen molar-refractivity contribution < 1.29 is 23.9 Å². The highest BCUT2D eigenvalue weighted by Gasteiger charge is 2.06. The van der Waals surface area contributed by atoms with E-state index in [-0.39, 0.29) is 5.91 Å². The lowest BCUT2D eigenvalue weighted by Crippen LogP contribution is -2.20. The highest BCUT2D eigenvalue weighted by molar-refractivity contribution is 5.95. The van der Waals surface area contributed by atoms with Crippen LogP contribution in [0.3, 0.4) is 0 Å². The molecule has 146 valence electrons. The highest BCUT2D eigenvalue weighted by atomic mass is 16.5. The molecule has 0 heterocycles. The van der Waals surface area contributed by atoms with Gasteiger partial charge in [0.05, 0.1) is 6.61 Å². The fraction of sp³-hybridized carbons (Fsp3) is 0.190. The Morgan fingerprint density at radius 3 is 2.11 bits per heavy atom. The standard InChI is InChI=1S/C21H22N2O5/c1-3-27-19-11-4-16(5-12-19)6-13-21(26)28-14-20(25)23-18-9-7-17(8-10-18)22-15(2)24/h4-13H,3,14H2,1-2H3,(H,22,24)(H,23,25). The van der Waals surface area contributed by atoms with Crippen molar-refractivity contribution in [3.63, 3.8) is 0 Å². The van der Waals surface area contributed by atoms with Crippen molar-refractivity contribution in [2.24, 2.45) is 0 Å². The molecule has 0 spiro atoms. The molecular weight excluding hydrogens is 360 g/mol. The molecule has 0 radical (unpaired) electrons. The second kappa shape index (κ2) is 10.5. The van der Waals surface area contributed by atoms with E-state index in [1.807, 2.05) is 19.1 Å². The zero-order valence-corrected chi connectivity index (χ0v) is 15.7. The summed E-state index contributed by atoms with van der Waals surface area (Å²) in [6.45, 7) is 3.50. The normalized spacial score (nSPS) is 10.4. The van der Waals surface area contributed by atoms with Gasteiger partial charge in [0.15, 0.2) is 6.61 Å². The van der Waals surface area contributed by atoms with Gasteiger partial charge in [-0.1, -0.05) is 12.1 Å². The Morgan fingerprint density at radius 1 is 0.929 bits per heavy atom. The van der Waals surface area contributed by atoms with Gasteiger partial charge in [-0.05, 0) is 55.0 Å². The monoisotopic (exact) mass is 382 g/mol. The molecule has 7 nitrogen and oxygen atoms in total. The van der Waals surface area contributed by atoms with Gasteiger partial charge in [0, 0.05) is 24.4 Å². The van der Waals surface area contributed by atoms with Gasteiger partial charge in [-0.3, -0.25) is 9.59 Å². The topological polar surface area (TPSA) is 93.7 Å². The summed E-state index contributed by atoms with van der Waals surface area (Å²) in [7, 11) is 0. The van der Waals surface area contributed by atoms with Crippen LogP contribution in [0, 0.1) is 0 Å². The molecule has 0 aliphatic heterocycles. The lowest BCUT2D eigenvalue weighted by molar-refractivity contribution is -0.142. The maximum atomic E-state index is 11.9. The number of carbonyl (C=O) groups is 3. The number of nitrogens with one attached hydrogen (secondary N) is 2. The van der Waals surface area contributed by atoms with Gasteiger partial charge in [-0.2, -0.15) is 0 Å². The predicted octanol–water partition coefficient (Wildman–Crippen LogP) is 3.24.